The van der Waals surface area contributed by atoms with Crippen LogP contribution in [0.5, 0.6) is 5.75 Å². The van der Waals surface area contributed by atoms with Crippen molar-refractivity contribution >= 4 is 17.5 Å². The highest BCUT2D eigenvalue weighted by Crippen LogP contribution is 2.31. The zero-order chi connectivity index (χ0) is 11.4. The van der Waals surface area contributed by atoms with E-state index in [1.165, 1.54) is 4.88 Å². The molecule has 4 nitrogen and oxygen atoms in total. The van der Waals surface area contributed by atoms with E-state index in [0.717, 1.165) is 31.5 Å². The van der Waals surface area contributed by atoms with Crippen molar-refractivity contribution in [2.75, 3.05) is 19.7 Å². The molecule has 1 N–H and O–H groups in total. The second-order valence-corrected chi connectivity index (χ2v) is 4.50. The van der Waals surface area contributed by atoms with Crippen LogP contribution in [0.3, 0.4) is 0 Å². The van der Waals surface area contributed by atoms with E-state index in [1.807, 2.05) is 5.38 Å². The molecule has 0 aliphatic carbocycles. The smallest absolute Gasteiger partial charge is 0.434 e. The molecule has 1 aromatic rings. The number of fused-ring (bicyclic) bond motifs is 1. The Labute approximate surface area is 98.6 Å². The van der Waals surface area contributed by atoms with Crippen molar-refractivity contribution in [1.82, 2.24) is 5.32 Å². The fourth-order valence-electron chi connectivity index (χ4n) is 1.74. The molecule has 0 aromatic carbocycles. The maximum Gasteiger partial charge on any atom is 0.513 e. The van der Waals surface area contributed by atoms with Gasteiger partial charge in [0.2, 0.25) is 0 Å². The van der Waals surface area contributed by atoms with Crippen molar-refractivity contribution < 1.29 is 14.3 Å². The van der Waals surface area contributed by atoms with Crippen molar-refractivity contribution in [3.8, 4) is 5.75 Å². The molecule has 0 amide bonds. The maximum absolute atomic E-state index is 11.2. The van der Waals surface area contributed by atoms with Crippen LogP contribution in [0, 0.1) is 0 Å². The van der Waals surface area contributed by atoms with Crippen LogP contribution in [0.25, 0.3) is 0 Å². The Bertz CT molecular complexity index is 375. The number of carbonyl (C=O) groups is 1. The quantitative estimate of drug-likeness (QED) is 0.804. The zero-order valence-electron chi connectivity index (χ0n) is 9.25. The highest BCUT2D eigenvalue weighted by molar-refractivity contribution is 7.10. The highest BCUT2D eigenvalue weighted by Gasteiger charge is 2.17. The fourth-order valence-corrected chi connectivity index (χ4v) is 2.74. The molecule has 1 aliphatic rings. The van der Waals surface area contributed by atoms with Gasteiger partial charge in [0.05, 0.1) is 6.61 Å². The molecule has 2 heterocycles. The molecular formula is C11H15NO3S. The predicted molar refractivity (Wildman–Crippen MR) is 62.2 cm³/mol. The molecule has 88 valence electrons. The Morgan fingerprint density at radius 1 is 1.50 bits per heavy atom. The third-order valence-corrected chi connectivity index (χ3v) is 3.55. The van der Waals surface area contributed by atoms with Crippen LogP contribution in [-0.4, -0.2) is 25.9 Å². The minimum absolute atomic E-state index is 0.340. The van der Waals surface area contributed by atoms with Gasteiger partial charge >= 0.3 is 6.16 Å². The van der Waals surface area contributed by atoms with E-state index in [0.29, 0.717) is 12.4 Å². The summed E-state index contributed by atoms with van der Waals surface area (Å²) >= 11 is 1.65. The standard InChI is InChI=1S/C11H15NO3S/c1-2-14-11(13)15-9-7-16-10-4-6-12-5-3-8(9)10/h7,12H,2-6H2,1H3. The van der Waals surface area contributed by atoms with Crippen LogP contribution >= 0.6 is 11.3 Å². The summed E-state index contributed by atoms with van der Waals surface area (Å²) in [6.45, 7) is 4.03. The van der Waals surface area contributed by atoms with Gasteiger partial charge in [-0.3, -0.25) is 0 Å². The summed E-state index contributed by atoms with van der Waals surface area (Å²) < 4.78 is 9.94. The molecule has 0 radical (unpaired) electrons. The molecular weight excluding hydrogens is 226 g/mol. The van der Waals surface area contributed by atoms with Crippen LogP contribution < -0.4 is 10.1 Å². The third kappa shape index (κ3) is 2.54. The van der Waals surface area contributed by atoms with E-state index in [2.05, 4.69) is 5.32 Å². The lowest BCUT2D eigenvalue weighted by Gasteiger charge is -2.05. The second kappa shape index (κ2) is 5.32. The van der Waals surface area contributed by atoms with Gasteiger partial charge in [0, 0.05) is 15.8 Å². The second-order valence-electron chi connectivity index (χ2n) is 3.54. The van der Waals surface area contributed by atoms with E-state index >= 15 is 0 Å². The number of carbonyl (C=O) groups excluding carboxylic acids is 1. The molecule has 1 aromatic heterocycles. The number of hydrogen-bond acceptors (Lipinski definition) is 5. The van der Waals surface area contributed by atoms with Crippen molar-refractivity contribution in [3.63, 3.8) is 0 Å². The van der Waals surface area contributed by atoms with Gasteiger partial charge in [-0.25, -0.2) is 4.79 Å². The SMILES string of the molecule is CCOC(=O)Oc1csc2c1CCNCC2. The summed E-state index contributed by atoms with van der Waals surface area (Å²) in [5, 5.41) is 5.22. The highest BCUT2D eigenvalue weighted by atomic mass is 32.1. The van der Waals surface area contributed by atoms with Crippen LogP contribution in [0.1, 0.15) is 17.4 Å². The Hall–Kier alpha value is -1.07. The van der Waals surface area contributed by atoms with E-state index in [4.69, 9.17) is 9.47 Å². The average molecular weight is 241 g/mol. The number of thiophene rings is 1. The van der Waals surface area contributed by atoms with Gasteiger partial charge in [-0.2, -0.15) is 0 Å². The van der Waals surface area contributed by atoms with E-state index in [-0.39, 0.29) is 0 Å². The topological polar surface area (TPSA) is 47.6 Å². The Morgan fingerprint density at radius 3 is 3.12 bits per heavy atom. The number of ether oxygens (including phenoxy) is 2. The first kappa shape index (κ1) is 11.4. The molecule has 5 heteroatoms. The minimum Gasteiger partial charge on any atom is -0.434 e. The minimum atomic E-state index is -0.611. The lowest BCUT2D eigenvalue weighted by Crippen LogP contribution is -2.16. The van der Waals surface area contributed by atoms with Crippen LogP contribution in [0.15, 0.2) is 5.38 Å². The van der Waals surface area contributed by atoms with Crippen molar-refractivity contribution in [2.45, 2.75) is 19.8 Å². The zero-order valence-corrected chi connectivity index (χ0v) is 10.1. The summed E-state index contributed by atoms with van der Waals surface area (Å²) in [5.41, 5.74) is 1.16. The molecule has 16 heavy (non-hydrogen) atoms. The van der Waals surface area contributed by atoms with E-state index in [9.17, 15) is 4.79 Å². The largest absolute Gasteiger partial charge is 0.513 e. The van der Waals surface area contributed by atoms with E-state index < -0.39 is 6.16 Å². The fraction of sp³-hybridized carbons (Fsp3) is 0.545. The van der Waals surface area contributed by atoms with Crippen molar-refractivity contribution in [2.24, 2.45) is 0 Å². The Kier molecular flexibility index (Phi) is 3.79. The number of nitrogens with one attached hydrogen (secondary N) is 1. The van der Waals surface area contributed by atoms with Crippen molar-refractivity contribution in [1.29, 1.82) is 0 Å². The molecule has 0 saturated carbocycles. The van der Waals surface area contributed by atoms with Gasteiger partial charge in [-0.1, -0.05) is 0 Å². The molecule has 0 bridgehead atoms. The van der Waals surface area contributed by atoms with Crippen LogP contribution in [0.2, 0.25) is 0 Å². The first-order chi connectivity index (χ1) is 7.81. The first-order valence-electron chi connectivity index (χ1n) is 5.45. The van der Waals surface area contributed by atoms with Crippen LogP contribution in [-0.2, 0) is 17.6 Å². The summed E-state index contributed by atoms with van der Waals surface area (Å²) in [4.78, 5) is 12.5. The van der Waals surface area contributed by atoms with Gasteiger partial charge in [0.15, 0.2) is 0 Å². The Balaban J connectivity index is 2.10. The molecule has 2 rings (SSSR count). The molecule has 1 aliphatic heterocycles. The average Bonchev–Trinajstić information content (AvgIpc) is 2.51. The van der Waals surface area contributed by atoms with E-state index in [1.54, 1.807) is 18.3 Å². The monoisotopic (exact) mass is 241 g/mol. The van der Waals surface area contributed by atoms with Gasteiger partial charge in [0.25, 0.3) is 0 Å². The first-order valence-corrected chi connectivity index (χ1v) is 6.33. The predicted octanol–water partition coefficient (Wildman–Crippen LogP) is 1.97. The normalized spacial score (nSPS) is 15.1. The third-order valence-electron chi connectivity index (χ3n) is 2.48. The lowest BCUT2D eigenvalue weighted by atomic mass is 10.1. The summed E-state index contributed by atoms with van der Waals surface area (Å²) in [6.07, 6.45) is 1.31. The van der Waals surface area contributed by atoms with Gasteiger partial charge in [0.1, 0.15) is 5.75 Å². The van der Waals surface area contributed by atoms with Gasteiger partial charge in [-0.05, 0) is 32.9 Å². The number of rotatable bonds is 2. The number of hydrogen-bond donors (Lipinski definition) is 1. The van der Waals surface area contributed by atoms with Gasteiger partial charge < -0.3 is 14.8 Å². The van der Waals surface area contributed by atoms with Crippen LogP contribution in [0.4, 0.5) is 4.79 Å². The van der Waals surface area contributed by atoms with Gasteiger partial charge in [-0.15, -0.1) is 11.3 Å². The lowest BCUT2D eigenvalue weighted by molar-refractivity contribution is 0.104. The summed E-state index contributed by atoms with van der Waals surface area (Å²) in [7, 11) is 0. The molecule has 0 saturated heterocycles. The van der Waals surface area contributed by atoms with Crippen molar-refractivity contribution in [3.05, 3.63) is 15.8 Å². The Morgan fingerprint density at radius 2 is 2.31 bits per heavy atom. The summed E-state index contributed by atoms with van der Waals surface area (Å²) in [6, 6.07) is 0. The maximum atomic E-state index is 11.2. The molecule has 0 atom stereocenters. The molecule has 0 spiro atoms. The molecule has 0 unspecified atom stereocenters. The molecule has 0 fully saturated rings. The summed E-state index contributed by atoms with van der Waals surface area (Å²) in [5.74, 6) is 0.669.